The van der Waals surface area contributed by atoms with E-state index in [-0.39, 0.29) is 29.8 Å². The van der Waals surface area contributed by atoms with Gasteiger partial charge in [0.2, 0.25) is 11.8 Å². The highest BCUT2D eigenvalue weighted by Gasteiger charge is 2.30. The molecule has 0 bridgehead atoms. The topological polar surface area (TPSA) is 95.7 Å². The molecule has 0 aliphatic rings. The normalized spacial score (nSPS) is 15.7. The van der Waals surface area contributed by atoms with Gasteiger partial charge in [-0.3, -0.25) is 9.59 Å². The van der Waals surface area contributed by atoms with Gasteiger partial charge >= 0.3 is 0 Å². The van der Waals surface area contributed by atoms with Crippen molar-refractivity contribution >= 4 is 11.8 Å². The van der Waals surface area contributed by atoms with E-state index in [4.69, 9.17) is 5.73 Å². The first-order valence-electron chi connectivity index (χ1n) is 9.84. The minimum absolute atomic E-state index is 0.0590. The van der Waals surface area contributed by atoms with E-state index >= 15 is 0 Å². The number of carbonyl (C=O) groups is 2. The van der Waals surface area contributed by atoms with Crippen LogP contribution in [0.5, 0.6) is 0 Å². The van der Waals surface area contributed by atoms with Gasteiger partial charge in [0.25, 0.3) is 0 Å². The molecule has 0 saturated carbocycles. The first-order valence-corrected chi connectivity index (χ1v) is 9.84. The van der Waals surface area contributed by atoms with Crippen LogP contribution in [0, 0.1) is 17.8 Å². The maximum absolute atomic E-state index is 12.1. The average Bonchev–Trinajstić information content (AvgIpc) is 2.54. The summed E-state index contributed by atoms with van der Waals surface area (Å²) in [4.78, 5) is 24.3. The number of hydrogen-bond donors (Lipinski definition) is 3. The van der Waals surface area contributed by atoms with Crippen LogP contribution in [0.25, 0.3) is 0 Å². The average molecular weight is 374 g/mol. The van der Waals surface area contributed by atoms with Gasteiger partial charge in [-0.15, -0.1) is 0 Å². The van der Waals surface area contributed by atoms with Crippen LogP contribution in [0.1, 0.15) is 67.7 Å². The number of rotatable bonds is 10. The zero-order valence-corrected chi connectivity index (χ0v) is 18.4. The molecule has 6 heteroatoms. The van der Waals surface area contributed by atoms with E-state index in [1.165, 1.54) is 0 Å². The molecule has 0 aromatic carbocycles. The summed E-state index contributed by atoms with van der Waals surface area (Å²) < 4.78 is 0. The minimum Gasteiger partial charge on any atom is -0.391 e. The van der Waals surface area contributed by atoms with Crippen LogP contribution < -0.4 is 11.1 Å². The van der Waals surface area contributed by atoms with Gasteiger partial charge in [-0.1, -0.05) is 54.9 Å². The zero-order chi connectivity index (χ0) is 21.0. The summed E-state index contributed by atoms with van der Waals surface area (Å²) in [5.41, 5.74) is 5.05. The summed E-state index contributed by atoms with van der Waals surface area (Å²) in [7, 11) is 3.55. The first kappa shape index (κ1) is 27.1. The number of aliphatic hydroxyl groups is 1. The Hall–Kier alpha value is -1.14. The number of aliphatic hydroxyl groups excluding tert-OH is 1. The van der Waals surface area contributed by atoms with Gasteiger partial charge in [0, 0.05) is 13.5 Å². The lowest BCUT2D eigenvalue weighted by atomic mass is 9.91. The van der Waals surface area contributed by atoms with Gasteiger partial charge < -0.3 is 21.1 Å². The van der Waals surface area contributed by atoms with E-state index in [9.17, 15) is 14.7 Å². The molecule has 0 spiro atoms. The highest BCUT2D eigenvalue weighted by Crippen LogP contribution is 2.20. The van der Waals surface area contributed by atoms with Gasteiger partial charge in [-0.2, -0.15) is 0 Å². The number of nitrogens with zero attached hydrogens (tertiary/aromatic N) is 1. The molecule has 0 rings (SSSR count). The molecule has 156 valence electrons. The molecule has 0 heterocycles. The van der Waals surface area contributed by atoms with Crippen LogP contribution in [0.4, 0.5) is 0 Å². The highest BCUT2D eigenvalue weighted by atomic mass is 16.3. The fraction of sp³-hybridized carbons (Fsp3) is 0.900. The lowest BCUT2D eigenvalue weighted by molar-refractivity contribution is -0.136. The summed E-state index contributed by atoms with van der Waals surface area (Å²) >= 11 is 0. The molecule has 0 fully saturated rings. The molecule has 4 unspecified atom stereocenters. The Bertz CT molecular complexity index is 390. The van der Waals surface area contributed by atoms with E-state index in [2.05, 4.69) is 19.2 Å². The molecule has 6 nitrogen and oxygen atoms in total. The molecule has 0 aromatic heterocycles. The van der Waals surface area contributed by atoms with Crippen molar-refractivity contribution in [2.24, 2.45) is 23.5 Å². The van der Waals surface area contributed by atoms with Gasteiger partial charge in [-0.25, -0.2) is 0 Å². The Morgan fingerprint density at radius 2 is 1.58 bits per heavy atom. The molecular formula is C20H43N3O3. The number of primary amides is 1. The molecule has 4 atom stereocenters. The maximum Gasteiger partial charge on any atom is 0.234 e. The fourth-order valence-electron chi connectivity index (χ4n) is 2.97. The number of likely N-dealkylation sites (N-methyl/N-ethyl adjacent to an activating group) is 2. The van der Waals surface area contributed by atoms with Crippen LogP contribution >= 0.6 is 0 Å². The van der Waals surface area contributed by atoms with Crippen molar-refractivity contribution in [3.63, 3.8) is 0 Å². The third-order valence-corrected chi connectivity index (χ3v) is 4.75. The number of nitrogens with two attached hydrogens (primary N) is 1. The summed E-state index contributed by atoms with van der Waals surface area (Å²) in [5, 5.41) is 12.9. The number of carbonyl (C=O) groups excluding carboxylic acids is 2. The second kappa shape index (κ2) is 14.0. The predicted octanol–water partition coefficient (Wildman–Crippen LogP) is 2.39. The predicted molar refractivity (Wildman–Crippen MR) is 109 cm³/mol. The lowest BCUT2D eigenvalue weighted by Gasteiger charge is -2.36. The molecule has 4 N–H and O–H groups in total. The Kier molecular flexibility index (Phi) is 14.6. The maximum atomic E-state index is 12.1. The van der Waals surface area contributed by atoms with Crippen LogP contribution in [0.2, 0.25) is 0 Å². The molecule has 0 aliphatic heterocycles. The van der Waals surface area contributed by atoms with Crippen molar-refractivity contribution < 1.29 is 14.7 Å². The number of amides is 2. The van der Waals surface area contributed by atoms with Crippen molar-refractivity contribution in [2.45, 2.75) is 85.9 Å². The van der Waals surface area contributed by atoms with E-state index in [0.29, 0.717) is 24.7 Å². The smallest absolute Gasteiger partial charge is 0.234 e. The molecule has 0 aliphatic carbocycles. The van der Waals surface area contributed by atoms with Crippen molar-refractivity contribution in [3.8, 4) is 0 Å². The quantitative estimate of drug-likeness (QED) is 0.548. The van der Waals surface area contributed by atoms with E-state index in [0.717, 1.165) is 6.42 Å². The SMILES string of the molecule is CCC(C)C(C(O)CC)N(C)C(=O)CC(C)C.CNC(C(N)=O)C(C)C. The van der Waals surface area contributed by atoms with Crippen LogP contribution in [-0.4, -0.2) is 54.1 Å². The van der Waals surface area contributed by atoms with Crippen molar-refractivity contribution in [1.82, 2.24) is 10.2 Å². The Morgan fingerprint density at radius 3 is 1.81 bits per heavy atom. The van der Waals surface area contributed by atoms with E-state index in [1.807, 2.05) is 41.7 Å². The third kappa shape index (κ3) is 10.1. The van der Waals surface area contributed by atoms with E-state index < -0.39 is 6.10 Å². The Morgan fingerprint density at radius 1 is 1.08 bits per heavy atom. The minimum atomic E-state index is -0.425. The van der Waals surface area contributed by atoms with Crippen molar-refractivity contribution in [3.05, 3.63) is 0 Å². The fourth-order valence-corrected chi connectivity index (χ4v) is 2.97. The molecule has 2 amide bonds. The second-order valence-electron chi connectivity index (χ2n) is 7.87. The number of nitrogens with one attached hydrogen (secondary N) is 1. The summed E-state index contributed by atoms with van der Waals surface area (Å²) in [6.45, 7) is 14.1. The summed E-state index contributed by atoms with van der Waals surface area (Å²) in [6, 6.07) is -0.249. The van der Waals surface area contributed by atoms with Gasteiger partial charge in [0.05, 0.1) is 18.2 Å². The Balaban J connectivity index is 0. The van der Waals surface area contributed by atoms with Crippen LogP contribution in [0.3, 0.4) is 0 Å². The molecule has 0 aromatic rings. The summed E-state index contributed by atoms with van der Waals surface area (Å²) in [5.74, 6) is 0.810. The van der Waals surface area contributed by atoms with E-state index in [1.54, 1.807) is 11.9 Å². The monoisotopic (exact) mass is 373 g/mol. The summed E-state index contributed by atoms with van der Waals surface area (Å²) in [6.07, 6.45) is 1.79. The molecule has 26 heavy (non-hydrogen) atoms. The third-order valence-electron chi connectivity index (χ3n) is 4.75. The molecular weight excluding hydrogens is 330 g/mol. The van der Waals surface area contributed by atoms with Gasteiger partial charge in [0.1, 0.15) is 0 Å². The van der Waals surface area contributed by atoms with Crippen molar-refractivity contribution in [1.29, 1.82) is 0 Å². The number of hydrogen-bond acceptors (Lipinski definition) is 4. The zero-order valence-electron chi connectivity index (χ0n) is 18.4. The molecule has 0 saturated heterocycles. The first-order chi connectivity index (χ1) is 11.9. The largest absolute Gasteiger partial charge is 0.391 e. The van der Waals surface area contributed by atoms with Crippen molar-refractivity contribution in [2.75, 3.05) is 14.1 Å². The molecule has 0 radical (unpaired) electrons. The standard InChI is InChI=1S/C14H29NO2.C6H14N2O/c1-7-11(5)14(12(16)8-2)15(6)13(17)9-10(3)4;1-4(2)5(8-3)6(7)9/h10-12,14,16H,7-9H2,1-6H3;4-5,8H,1-3H3,(H2,7,9). The van der Waals surface area contributed by atoms with Crippen LogP contribution in [-0.2, 0) is 9.59 Å². The van der Waals surface area contributed by atoms with Gasteiger partial charge in [0.15, 0.2) is 0 Å². The van der Waals surface area contributed by atoms with Gasteiger partial charge in [-0.05, 0) is 31.2 Å². The highest BCUT2D eigenvalue weighted by molar-refractivity contribution is 5.80. The second-order valence-corrected chi connectivity index (χ2v) is 7.87. The lowest BCUT2D eigenvalue weighted by Crippen LogP contribution is -2.48. The Labute approximate surface area is 160 Å². The van der Waals surface area contributed by atoms with Crippen LogP contribution in [0.15, 0.2) is 0 Å².